The van der Waals surface area contributed by atoms with Gasteiger partial charge in [-0.3, -0.25) is 0 Å². The van der Waals surface area contributed by atoms with Crippen molar-refractivity contribution >= 4 is 12.0 Å². The summed E-state index contributed by atoms with van der Waals surface area (Å²) in [6.45, 7) is 6.91. The van der Waals surface area contributed by atoms with Crippen LogP contribution in [0.3, 0.4) is 0 Å². The minimum atomic E-state index is -0.921. The van der Waals surface area contributed by atoms with Crippen molar-refractivity contribution in [3.8, 4) is 16.9 Å². The van der Waals surface area contributed by atoms with Gasteiger partial charge in [-0.1, -0.05) is 69.5 Å². The highest BCUT2D eigenvalue weighted by Crippen LogP contribution is 2.62. The Morgan fingerprint density at radius 3 is 2.34 bits per heavy atom. The summed E-state index contributed by atoms with van der Waals surface area (Å²) in [4.78, 5) is 11.8. The van der Waals surface area contributed by atoms with Crippen LogP contribution in [-0.4, -0.2) is 17.7 Å². The minimum Gasteiger partial charge on any atom is -0.493 e. The summed E-state index contributed by atoms with van der Waals surface area (Å²) in [7, 11) is 0. The molecule has 0 aliphatic heterocycles. The Balaban J connectivity index is 1.49. The number of hydrogen-bond acceptors (Lipinski definition) is 2. The lowest BCUT2D eigenvalue weighted by molar-refractivity contribution is -0.00639. The Labute approximate surface area is 210 Å². The van der Waals surface area contributed by atoms with E-state index in [1.165, 1.54) is 69.8 Å². The summed E-state index contributed by atoms with van der Waals surface area (Å²) in [5, 5.41) is 9.70. The van der Waals surface area contributed by atoms with Crippen LogP contribution < -0.4 is 4.74 Å². The molecule has 1 N–H and O–H groups in total. The number of rotatable bonds is 11. The molecule has 0 radical (unpaired) electrons. The van der Waals surface area contributed by atoms with E-state index in [-0.39, 0.29) is 5.41 Å². The van der Waals surface area contributed by atoms with Crippen LogP contribution in [0, 0.1) is 17.8 Å². The zero-order valence-electron chi connectivity index (χ0n) is 21.2. The second kappa shape index (κ2) is 10.2. The molecular formula is C32H40O3. The van der Waals surface area contributed by atoms with Gasteiger partial charge in [-0.05, 0) is 96.9 Å². The van der Waals surface area contributed by atoms with Crippen LogP contribution in [0.5, 0.6) is 5.75 Å². The number of unbranched alkanes of at least 4 members (excludes halogenated alkanes) is 4. The molecule has 0 spiro atoms. The molecule has 2 aromatic rings. The first-order valence-electron chi connectivity index (χ1n) is 13.8. The molecule has 4 bridgehead atoms. The molecule has 0 saturated heterocycles. The highest BCUT2D eigenvalue weighted by molar-refractivity contribution is 5.96. The summed E-state index contributed by atoms with van der Waals surface area (Å²) in [6.07, 6.45) is 16.0. The number of carboxylic acids is 1. The number of hydrogen-bond donors (Lipinski definition) is 1. The Kier molecular flexibility index (Phi) is 7.05. The predicted molar refractivity (Wildman–Crippen MR) is 143 cm³/mol. The average Bonchev–Trinajstić information content (AvgIpc) is 2.84. The van der Waals surface area contributed by atoms with Crippen LogP contribution in [0.1, 0.15) is 99.0 Å². The maximum Gasteiger partial charge on any atom is 0.336 e. The van der Waals surface area contributed by atoms with Gasteiger partial charge in [0.2, 0.25) is 0 Å². The number of carboxylic acid groups (broad SMARTS) is 1. The third-order valence-electron chi connectivity index (χ3n) is 8.95. The highest BCUT2D eigenvalue weighted by atomic mass is 16.5. The van der Waals surface area contributed by atoms with E-state index in [1.54, 1.807) is 12.1 Å². The Hall–Kier alpha value is -2.55. The molecular weight excluding hydrogens is 432 g/mol. The molecule has 0 unspecified atom stereocenters. The largest absolute Gasteiger partial charge is 0.493 e. The topological polar surface area (TPSA) is 46.5 Å². The Morgan fingerprint density at radius 2 is 1.71 bits per heavy atom. The van der Waals surface area contributed by atoms with Crippen LogP contribution in [0.15, 0.2) is 43.0 Å². The Bertz CT molecular complexity index is 1050. The van der Waals surface area contributed by atoms with Gasteiger partial charge >= 0.3 is 5.97 Å². The standard InChI is InChI=1S/C32H40O3/c1-3-5-6-7-8-14-35-30-18-25(27-10-9-11-28(31(33)34)26(27)4-2)12-13-29(30)32-19-22-15-23(20-32)17-24(16-22)21-32/h4,9-13,18,22-24H,2-3,5-8,14-17,19-21H2,1H3,(H,33,34). The van der Waals surface area contributed by atoms with E-state index in [0.717, 1.165) is 47.7 Å². The maximum absolute atomic E-state index is 11.8. The number of aromatic carboxylic acids is 1. The first-order valence-corrected chi connectivity index (χ1v) is 13.8. The van der Waals surface area contributed by atoms with Gasteiger partial charge in [0.1, 0.15) is 5.75 Å². The lowest BCUT2D eigenvalue weighted by atomic mass is 9.48. The summed E-state index contributed by atoms with van der Waals surface area (Å²) in [5.41, 5.74) is 4.55. The lowest BCUT2D eigenvalue weighted by Gasteiger charge is -2.57. The fraction of sp³-hybridized carbons (Fsp3) is 0.531. The van der Waals surface area contributed by atoms with Gasteiger partial charge in [-0.15, -0.1) is 0 Å². The van der Waals surface area contributed by atoms with E-state index in [4.69, 9.17) is 4.74 Å². The van der Waals surface area contributed by atoms with E-state index in [0.29, 0.717) is 11.1 Å². The molecule has 4 fully saturated rings. The van der Waals surface area contributed by atoms with Crippen molar-refractivity contribution < 1.29 is 14.6 Å². The zero-order valence-corrected chi connectivity index (χ0v) is 21.2. The molecule has 0 aromatic heterocycles. The maximum atomic E-state index is 11.8. The molecule has 0 amide bonds. The van der Waals surface area contributed by atoms with Crippen molar-refractivity contribution in [3.05, 3.63) is 59.7 Å². The van der Waals surface area contributed by atoms with Crippen molar-refractivity contribution in [3.63, 3.8) is 0 Å². The van der Waals surface area contributed by atoms with E-state index >= 15 is 0 Å². The fourth-order valence-electron chi connectivity index (χ4n) is 7.80. The van der Waals surface area contributed by atoms with Gasteiger partial charge in [-0.2, -0.15) is 0 Å². The summed E-state index contributed by atoms with van der Waals surface area (Å²) >= 11 is 0. The number of benzene rings is 2. The summed E-state index contributed by atoms with van der Waals surface area (Å²) in [6, 6.07) is 12.2. The third-order valence-corrected chi connectivity index (χ3v) is 8.95. The number of ether oxygens (including phenoxy) is 1. The van der Waals surface area contributed by atoms with Crippen molar-refractivity contribution in [1.29, 1.82) is 0 Å². The Morgan fingerprint density at radius 1 is 1.03 bits per heavy atom. The van der Waals surface area contributed by atoms with Crippen molar-refractivity contribution in [1.82, 2.24) is 0 Å². The summed E-state index contributed by atoms with van der Waals surface area (Å²) < 4.78 is 6.58. The molecule has 3 heteroatoms. The van der Waals surface area contributed by atoms with Crippen LogP contribution in [0.4, 0.5) is 0 Å². The lowest BCUT2D eigenvalue weighted by Crippen LogP contribution is -2.48. The van der Waals surface area contributed by atoms with Gasteiger partial charge in [-0.25, -0.2) is 4.79 Å². The van der Waals surface area contributed by atoms with E-state index in [9.17, 15) is 9.90 Å². The van der Waals surface area contributed by atoms with Crippen LogP contribution >= 0.6 is 0 Å². The molecule has 4 aliphatic carbocycles. The molecule has 0 atom stereocenters. The van der Waals surface area contributed by atoms with Crippen LogP contribution in [0.25, 0.3) is 17.2 Å². The monoisotopic (exact) mass is 472 g/mol. The molecule has 0 heterocycles. The quantitative estimate of drug-likeness (QED) is 0.333. The molecule has 35 heavy (non-hydrogen) atoms. The van der Waals surface area contributed by atoms with Gasteiger partial charge in [0, 0.05) is 5.56 Å². The van der Waals surface area contributed by atoms with E-state index < -0.39 is 5.97 Å². The van der Waals surface area contributed by atoms with Crippen molar-refractivity contribution in [2.75, 3.05) is 6.61 Å². The average molecular weight is 473 g/mol. The predicted octanol–water partition coefficient (Wildman–Crippen LogP) is 8.51. The molecule has 4 saturated carbocycles. The van der Waals surface area contributed by atoms with Crippen LogP contribution in [0.2, 0.25) is 0 Å². The van der Waals surface area contributed by atoms with Gasteiger partial charge in [0.15, 0.2) is 0 Å². The van der Waals surface area contributed by atoms with Crippen molar-refractivity contribution in [2.45, 2.75) is 83.0 Å². The first kappa shape index (κ1) is 24.2. The van der Waals surface area contributed by atoms with E-state index in [1.807, 2.05) is 12.1 Å². The summed E-state index contributed by atoms with van der Waals surface area (Å²) in [5.74, 6) is 2.73. The van der Waals surface area contributed by atoms with Crippen LogP contribution in [-0.2, 0) is 5.41 Å². The molecule has 4 aliphatic rings. The highest BCUT2D eigenvalue weighted by Gasteiger charge is 2.52. The first-order chi connectivity index (χ1) is 17.0. The molecule has 186 valence electrons. The SMILES string of the molecule is C=Cc1c(C(=O)O)cccc1-c1ccc(C23CC4CC(CC(C4)C2)C3)c(OCCCCCCC)c1. The minimum absolute atomic E-state index is 0.259. The number of carbonyl (C=O) groups is 1. The van der Waals surface area contributed by atoms with Gasteiger partial charge in [0.25, 0.3) is 0 Å². The second-order valence-electron chi connectivity index (χ2n) is 11.4. The molecule has 6 rings (SSSR count). The van der Waals surface area contributed by atoms with Gasteiger partial charge < -0.3 is 9.84 Å². The van der Waals surface area contributed by atoms with Crippen molar-refractivity contribution in [2.24, 2.45) is 17.8 Å². The van der Waals surface area contributed by atoms with Gasteiger partial charge in [0.05, 0.1) is 12.2 Å². The molecule has 2 aromatic carbocycles. The third kappa shape index (κ3) is 4.79. The molecule has 3 nitrogen and oxygen atoms in total. The zero-order chi connectivity index (χ0) is 24.4. The fourth-order valence-corrected chi connectivity index (χ4v) is 7.80. The smallest absolute Gasteiger partial charge is 0.336 e. The normalized spacial score (nSPS) is 26.6. The van der Waals surface area contributed by atoms with E-state index in [2.05, 4.69) is 31.7 Å². The second-order valence-corrected chi connectivity index (χ2v) is 11.4.